The van der Waals surface area contributed by atoms with Crippen molar-refractivity contribution in [3.63, 3.8) is 0 Å². The number of rotatable bonds is 3. The molecule has 130 valence electrons. The third kappa shape index (κ3) is 3.32. The molecule has 0 N–H and O–H groups in total. The molecule has 0 radical (unpaired) electrons. The first kappa shape index (κ1) is 16.3. The smallest absolute Gasteiger partial charge is 0.228 e. The molecule has 1 aliphatic rings. The molecule has 1 amide bonds. The van der Waals surface area contributed by atoms with Crippen LogP contribution in [0.15, 0.2) is 41.9 Å². The lowest BCUT2D eigenvalue weighted by molar-refractivity contribution is -0.142. The molecule has 4 rings (SSSR count). The molecule has 3 heterocycles. The Hall–Kier alpha value is -2.18. The number of amides is 1. The van der Waals surface area contributed by atoms with Gasteiger partial charge in [0.05, 0.1) is 24.3 Å². The van der Waals surface area contributed by atoms with Crippen LogP contribution in [-0.2, 0) is 16.0 Å². The van der Waals surface area contributed by atoms with Gasteiger partial charge in [-0.1, -0.05) is 30.3 Å². The fraction of sp³-hybridized carbons (Fsp3) is 0.368. The van der Waals surface area contributed by atoms with Crippen molar-refractivity contribution in [2.24, 2.45) is 0 Å². The van der Waals surface area contributed by atoms with E-state index in [0.29, 0.717) is 19.5 Å². The first-order chi connectivity index (χ1) is 12.1. The van der Waals surface area contributed by atoms with E-state index in [1.807, 2.05) is 65.1 Å². The van der Waals surface area contributed by atoms with E-state index in [0.717, 1.165) is 21.9 Å². The lowest BCUT2D eigenvalue weighted by Crippen LogP contribution is -2.48. The lowest BCUT2D eigenvalue weighted by atomic mass is 10.2. The number of thiazole rings is 1. The number of morpholine rings is 1. The molecule has 25 heavy (non-hydrogen) atoms. The van der Waals surface area contributed by atoms with Crippen LogP contribution < -0.4 is 0 Å². The number of benzene rings is 1. The van der Waals surface area contributed by atoms with Crippen molar-refractivity contribution in [2.75, 3.05) is 13.1 Å². The number of ether oxygens (including phenoxy) is 1. The number of carbonyl (C=O) groups is 1. The number of hydrogen-bond acceptors (Lipinski definition) is 4. The molecule has 2 atom stereocenters. The molecule has 0 aliphatic carbocycles. The molecular formula is C19H21N3O2S. The van der Waals surface area contributed by atoms with E-state index in [2.05, 4.69) is 4.98 Å². The molecule has 1 aromatic carbocycles. The Balaban J connectivity index is 1.55. The van der Waals surface area contributed by atoms with Crippen molar-refractivity contribution in [2.45, 2.75) is 32.5 Å². The van der Waals surface area contributed by atoms with Gasteiger partial charge in [0.15, 0.2) is 4.96 Å². The fourth-order valence-electron chi connectivity index (χ4n) is 3.35. The first-order valence-corrected chi connectivity index (χ1v) is 9.42. The summed E-state index contributed by atoms with van der Waals surface area (Å²) in [6, 6.07) is 10.1. The number of imidazole rings is 1. The number of aromatic nitrogens is 2. The summed E-state index contributed by atoms with van der Waals surface area (Å²) in [5.74, 6) is 0.150. The van der Waals surface area contributed by atoms with Gasteiger partial charge in [0, 0.05) is 35.9 Å². The Bertz CT molecular complexity index is 877. The van der Waals surface area contributed by atoms with Gasteiger partial charge in [-0.2, -0.15) is 0 Å². The van der Waals surface area contributed by atoms with Crippen molar-refractivity contribution >= 4 is 22.2 Å². The van der Waals surface area contributed by atoms with Crippen LogP contribution in [0.3, 0.4) is 0 Å². The van der Waals surface area contributed by atoms with Gasteiger partial charge in [0.25, 0.3) is 0 Å². The molecule has 0 spiro atoms. The van der Waals surface area contributed by atoms with E-state index in [1.54, 1.807) is 11.3 Å². The van der Waals surface area contributed by atoms with Crippen LogP contribution in [0.5, 0.6) is 0 Å². The van der Waals surface area contributed by atoms with Crippen LogP contribution >= 0.6 is 11.3 Å². The summed E-state index contributed by atoms with van der Waals surface area (Å²) in [6.07, 6.45) is 2.60. The second-order valence-electron chi connectivity index (χ2n) is 6.60. The minimum atomic E-state index is 0.0909. The summed E-state index contributed by atoms with van der Waals surface area (Å²) in [4.78, 5) is 20.2. The molecule has 1 fully saturated rings. The van der Waals surface area contributed by atoms with E-state index in [9.17, 15) is 4.79 Å². The van der Waals surface area contributed by atoms with Crippen LogP contribution in [0.25, 0.3) is 16.2 Å². The van der Waals surface area contributed by atoms with Gasteiger partial charge in [0.1, 0.15) is 0 Å². The molecular weight excluding hydrogens is 334 g/mol. The summed E-state index contributed by atoms with van der Waals surface area (Å²) in [7, 11) is 0. The zero-order valence-electron chi connectivity index (χ0n) is 14.4. The third-order valence-corrected chi connectivity index (χ3v) is 5.35. The summed E-state index contributed by atoms with van der Waals surface area (Å²) >= 11 is 1.58. The van der Waals surface area contributed by atoms with Crippen LogP contribution in [0.4, 0.5) is 0 Å². The average molecular weight is 355 g/mol. The van der Waals surface area contributed by atoms with E-state index < -0.39 is 0 Å². The Morgan fingerprint density at radius 3 is 2.68 bits per heavy atom. The minimum absolute atomic E-state index is 0.0909. The highest BCUT2D eigenvalue weighted by Crippen LogP contribution is 2.24. The number of hydrogen-bond donors (Lipinski definition) is 0. The van der Waals surface area contributed by atoms with Gasteiger partial charge in [-0.05, 0) is 13.8 Å². The predicted molar refractivity (Wildman–Crippen MR) is 98.8 cm³/mol. The molecule has 5 nitrogen and oxygen atoms in total. The molecule has 3 aromatic rings. The predicted octanol–water partition coefficient (Wildman–Crippen LogP) is 3.24. The van der Waals surface area contributed by atoms with E-state index in [4.69, 9.17) is 4.74 Å². The van der Waals surface area contributed by atoms with Crippen molar-refractivity contribution in [3.8, 4) is 11.3 Å². The lowest BCUT2D eigenvalue weighted by Gasteiger charge is -2.35. The Kier molecular flexibility index (Phi) is 4.31. The summed E-state index contributed by atoms with van der Waals surface area (Å²) in [5.41, 5.74) is 3.02. The molecule has 2 aromatic heterocycles. The van der Waals surface area contributed by atoms with Gasteiger partial charge in [-0.25, -0.2) is 4.98 Å². The Morgan fingerprint density at radius 2 is 1.96 bits per heavy atom. The number of nitrogens with zero attached hydrogens (tertiary/aromatic N) is 3. The summed E-state index contributed by atoms with van der Waals surface area (Å²) in [5, 5.41) is 2.03. The fourth-order valence-corrected chi connectivity index (χ4v) is 4.23. The van der Waals surface area contributed by atoms with Gasteiger partial charge in [0.2, 0.25) is 5.91 Å². The summed E-state index contributed by atoms with van der Waals surface area (Å²) in [6.45, 7) is 5.35. The zero-order chi connectivity index (χ0) is 17.4. The van der Waals surface area contributed by atoms with E-state index in [-0.39, 0.29) is 18.1 Å². The molecule has 6 heteroatoms. The topological polar surface area (TPSA) is 46.8 Å². The van der Waals surface area contributed by atoms with Crippen LogP contribution in [0, 0.1) is 0 Å². The maximum absolute atomic E-state index is 12.7. The molecule has 0 unspecified atom stereocenters. The quantitative estimate of drug-likeness (QED) is 0.725. The first-order valence-electron chi connectivity index (χ1n) is 8.54. The molecule has 1 saturated heterocycles. The minimum Gasteiger partial charge on any atom is -0.372 e. The number of fused-ring (bicyclic) bond motifs is 1. The van der Waals surface area contributed by atoms with Gasteiger partial charge in [-0.15, -0.1) is 11.3 Å². The maximum Gasteiger partial charge on any atom is 0.228 e. The van der Waals surface area contributed by atoms with Crippen LogP contribution in [-0.4, -0.2) is 45.5 Å². The normalized spacial score (nSPS) is 21.0. The SMILES string of the molecule is C[C@@H]1CN(C(=O)Cc2csc3nc(-c4ccccc4)cn23)C[C@@H](C)O1. The van der Waals surface area contributed by atoms with Crippen molar-refractivity contribution in [3.05, 3.63) is 47.6 Å². The highest BCUT2D eigenvalue weighted by Gasteiger charge is 2.26. The van der Waals surface area contributed by atoms with Gasteiger partial charge < -0.3 is 9.64 Å². The Labute approximate surface area is 150 Å². The van der Waals surface area contributed by atoms with Crippen LogP contribution in [0.2, 0.25) is 0 Å². The molecule has 0 saturated carbocycles. The highest BCUT2D eigenvalue weighted by molar-refractivity contribution is 7.15. The molecule has 1 aliphatic heterocycles. The maximum atomic E-state index is 12.7. The second kappa shape index (κ2) is 6.61. The van der Waals surface area contributed by atoms with E-state index in [1.165, 1.54) is 0 Å². The monoisotopic (exact) mass is 355 g/mol. The van der Waals surface area contributed by atoms with Crippen molar-refractivity contribution in [1.29, 1.82) is 0 Å². The van der Waals surface area contributed by atoms with E-state index >= 15 is 0 Å². The standard InChI is InChI=1S/C19H21N3O2S/c1-13-9-21(10-14(2)24-13)18(23)8-16-12-25-19-20-17(11-22(16)19)15-6-4-3-5-7-15/h3-7,11-14H,8-10H2,1-2H3/t13-,14-/m1/s1. The second-order valence-corrected chi connectivity index (χ2v) is 7.44. The van der Waals surface area contributed by atoms with Gasteiger partial charge >= 0.3 is 0 Å². The van der Waals surface area contributed by atoms with Crippen molar-refractivity contribution in [1.82, 2.24) is 14.3 Å². The zero-order valence-corrected chi connectivity index (χ0v) is 15.2. The van der Waals surface area contributed by atoms with Gasteiger partial charge in [-0.3, -0.25) is 9.20 Å². The number of carbonyl (C=O) groups excluding carboxylic acids is 1. The third-order valence-electron chi connectivity index (χ3n) is 4.46. The van der Waals surface area contributed by atoms with Crippen molar-refractivity contribution < 1.29 is 9.53 Å². The average Bonchev–Trinajstić information content (AvgIpc) is 3.17. The van der Waals surface area contributed by atoms with Crippen LogP contribution in [0.1, 0.15) is 19.5 Å². The largest absolute Gasteiger partial charge is 0.372 e. The summed E-state index contributed by atoms with van der Waals surface area (Å²) < 4.78 is 7.76. The highest BCUT2D eigenvalue weighted by atomic mass is 32.1. The molecule has 0 bridgehead atoms. The Morgan fingerprint density at radius 1 is 1.24 bits per heavy atom.